The Bertz CT molecular complexity index is 229. The molecule has 0 aliphatic carbocycles. The molecule has 0 heterocycles. The van der Waals surface area contributed by atoms with E-state index in [0.29, 0.717) is 5.02 Å². The summed E-state index contributed by atoms with van der Waals surface area (Å²) in [5.41, 5.74) is 1.72. The molecule has 1 aromatic rings. The average molecular weight is 187 g/mol. The Hall–Kier alpha value is -0.690. The smallest absolute Gasteiger partial charge is 0.137 e. The number of aryl methyl sites for hydroxylation is 2. The quantitative estimate of drug-likeness (QED) is 0.655. The summed E-state index contributed by atoms with van der Waals surface area (Å²) in [5, 5.41) is 9.71. The zero-order valence-electron chi connectivity index (χ0n) is 7.98. The van der Waals surface area contributed by atoms with E-state index in [1.165, 1.54) is 0 Å². The lowest BCUT2D eigenvalue weighted by Crippen LogP contribution is -1.79. The first kappa shape index (κ1) is 11.3. The first-order valence-corrected chi connectivity index (χ1v) is 4.45. The van der Waals surface area contributed by atoms with Gasteiger partial charge in [0.1, 0.15) is 5.75 Å². The molecule has 0 radical (unpaired) electrons. The van der Waals surface area contributed by atoms with Gasteiger partial charge in [0.2, 0.25) is 0 Å². The molecule has 0 aliphatic heterocycles. The molecule has 1 nitrogen and oxygen atoms in total. The van der Waals surface area contributed by atoms with Crippen molar-refractivity contribution >= 4 is 11.6 Å². The number of rotatable bonds is 0. The Balaban J connectivity index is 0.000000561. The van der Waals surface area contributed by atoms with E-state index in [9.17, 15) is 5.11 Å². The largest absolute Gasteiger partial charge is 0.506 e. The molecule has 0 aromatic heterocycles. The van der Waals surface area contributed by atoms with Crippen LogP contribution in [-0.2, 0) is 0 Å². The van der Waals surface area contributed by atoms with Crippen LogP contribution in [0.4, 0.5) is 0 Å². The van der Waals surface area contributed by atoms with E-state index in [1.807, 2.05) is 39.8 Å². The summed E-state index contributed by atoms with van der Waals surface area (Å²) in [4.78, 5) is 0. The Kier molecular flexibility index (Phi) is 4.75. The molecule has 0 bridgehead atoms. The molecule has 1 N–H and O–H groups in total. The van der Waals surface area contributed by atoms with Crippen molar-refractivity contribution in [1.29, 1.82) is 0 Å². The topological polar surface area (TPSA) is 20.2 Å². The summed E-state index contributed by atoms with van der Waals surface area (Å²) in [6, 6.07) is 3.73. The van der Waals surface area contributed by atoms with E-state index < -0.39 is 0 Å². The van der Waals surface area contributed by atoms with E-state index in [-0.39, 0.29) is 5.75 Å². The highest BCUT2D eigenvalue weighted by Gasteiger charge is 2.02. The summed E-state index contributed by atoms with van der Waals surface area (Å²) in [6.07, 6.45) is 0. The lowest BCUT2D eigenvalue weighted by Gasteiger charge is -2.02. The molecule has 0 spiro atoms. The number of aromatic hydroxyl groups is 1. The SMILES string of the molecule is CC.Cc1ccc(C)c(Cl)c1O. The summed E-state index contributed by atoms with van der Waals surface area (Å²) >= 11 is 5.73. The normalized spacial score (nSPS) is 8.75. The van der Waals surface area contributed by atoms with Crippen molar-refractivity contribution in [3.8, 4) is 5.75 Å². The van der Waals surface area contributed by atoms with Gasteiger partial charge in [-0.1, -0.05) is 37.6 Å². The van der Waals surface area contributed by atoms with Crippen LogP contribution in [-0.4, -0.2) is 5.11 Å². The van der Waals surface area contributed by atoms with Crippen molar-refractivity contribution in [3.05, 3.63) is 28.3 Å². The van der Waals surface area contributed by atoms with Crippen LogP contribution in [0.25, 0.3) is 0 Å². The monoisotopic (exact) mass is 186 g/mol. The Labute approximate surface area is 79.0 Å². The van der Waals surface area contributed by atoms with Gasteiger partial charge in [0.15, 0.2) is 0 Å². The minimum absolute atomic E-state index is 0.196. The van der Waals surface area contributed by atoms with Gasteiger partial charge in [-0.05, 0) is 25.0 Å². The third-order valence-electron chi connectivity index (χ3n) is 1.51. The van der Waals surface area contributed by atoms with Gasteiger partial charge < -0.3 is 5.11 Å². The maximum Gasteiger partial charge on any atom is 0.137 e. The maximum atomic E-state index is 9.26. The van der Waals surface area contributed by atoms with E-state index >= 15 is 0 Å². The lowest BCUT2D eigenvalue weighted by atomic mass is 10.1. The molecule has 0 saturated heterocycles. The van der Waals surface area contributed by atoms with Gasteiger partial charge in [0, 0.05) is 0 Å². The van der Waals surface area contributed by atoms with Gasteiger partial charge in [-0.3, -0.25) is 0 Å². The molecule has 1 aromatic carbocycles. The number of halogens is 1. The molecule has 0 aliphatic rings. The molecule has 2 heteroatoms. The molecule has 0 fully saturated rings. The summed E-state index contributed by atoms with van der Waals surface area (Å²) in [5.74, 6) is 0.196. The molecular formula is C10H15ClO. The van der Waals surface area contributed by atoms with Crippen LogP contribution in [0, 0.1) is 13.8 Å². The number of phenols is 1. The van der Waals surface area contributed by atoms with Crippen LogP contribution in [0.5, 0.6) is 5.75 Å². The van der Waals surface area contributed by atoms with Crippen LogP contribution in [0.15, 0.2) is 12.1 Å². The highest BCUT2D eigenvalue weighted by Crippen LogP contribution is 2.29. The van der Waals surface area contributed by atoms with Gasteiger partial charge >= 0.3 is 0 Å². The maximum absolute atomic E-state index is 9.26. The summed E-state index contributed by atoms with van der Waals surface area (Å²) < 4.78 is 0. The van der Waals surface area contributed by atoms with Crippen molar-refractivity contribution in [2.45, 2.75) is 27.7 Å². The first-order chi connectivity index (χ1) is 5.63. The Morgan fingerprint density at radius 3 is 1.92 bits per heavy atom. The van der Waals surface area contributed by atoms with Crippen LogP contribution < -0.4 is 0 Å². The third kappa shape index (κ3) is 2.42. The van der Waals surface area contributed by atoms with E-state index in [0.717, 1.165) is 11.1 Å². The molecular weight excluding hydrogens is 172 g/mol. The summed E-state index contributed by atoms with van der Waals surface area (Å²) in [7, 11) is 0. The second-order valence-corrected chi connectivity index (χ2v) is 2.74. The second kappa shape index (κ2) is 5.04. The fraction of sp³-hybridized carbons (Fsp3) is 0.400. The van der Waals surface area contributed by atoms with E-state index in [1.54, 1.807) is 0 Å². The molecule has 0 amide bonds. The minimum Gasteiger partial charge on any atom is -0.506 e. The van der Waals surface area contributed by atoms with Crippen LogP contribution in [0.3, 0.4) is 0 Å². The van der Waals surface area contributed by atoms with Crippen LogP contribution in [0.1, 0.15) is 25.0 Å². The molecule has 1 rings (SSSR count). The zero-order chi connectivity index (χ0) is 9.72. The van der Waals surface area contributed by atoms with Crippen molar-refractivity contribution in [1.82, 2.24) is 0 Å². The number of hydrogen-bond donors (Lipinski definition) is 1. The average Bonchev–Trinajstić information content (AvgIpc) is 2.12. The van der Waals surface area contributed by atoms with Gasteiger partial charge in [0.05, 0.1) is 5.02 Å². The fourth-order valence-corrected chi connectivity index (χ4v) is 0.974. The Morgan fingerprint density at radius 1 is 1.08 bits per heavy atom. The summed E-state index contributed by atoms with van der Waals surface area (Å²) in [6.45, 7) is 7.68. The molecule has 68 valence electrons. The van der Waals surface area contributed by atoms with Crippen LogP contribution in [0.2, 0.25) is 5.02 Å². The van der Waals surface area contributed by atoms with Gasteiger partial charge in [-0.25, -0.2) is 0 Å². The fourth-order valence-electron chi connectivity index (χ4n) is 0.762. The number of phenolic OH excluding ortho intramolecular Hbond substituents is 1. The van der Waals surface area contributed by atoms with E-state index in [2.05, 4.69) is 0 Å². The lowest BCUT2D eigenvalue weighted by molar-refractivity contribution is 0.471. The standard InChI is InChI=1S/C8H9ClO.C2H6/c1-5-3-4-6(2)8(10)7(5)9;1-2/h3-4,10H,1-2H3;1-2H3. The highest BCUT2D eigenvalue weighted by atomic mass is 35.5. The first-order valence-electron chi connectivity index (χ1n) is 4.07. The minimum atomic E-state index is 0.196. The highest BCUT2D eigenvalue weighted by molar-refractivity contribution is 6.32. The predicted molar refractivity (Wildman–Crippen MR) is 53.9 cm³/mol. The molecule has 12 heavy (non-hydrogen) atoms. The van der Waals surface area contributed by atoms with E-state index in [4.69, 9.17) is 11.6 Å². The predicted octanol–water partition coefficient (Wildman–Crippen LogP) is 3.69. The third-order valence-corrected chi connectivity index (χ3v) is 1.99. The van der Waals surface area contributed by atoms with Crippen LogP contribution >= 0.6 is 11.6 Å². The van der Waals surface area contributed by atoms with Gasteiger partial charge in [-0.15, -0.1) is 0 Å². The number of benzene rings is 1. The van der Waals surface area contributed by atoms with Gasteiger partial charge in [0.25, 0.3) is 0 Å². The molecule has 0 unspecified atom stereocenters. The van der Waals surface area contributed by atoms with Crippen molar-refractivity contribution in [2.75, 3.05) is 0 Å². The van der Waals surface area contributed by atoms with Crippen molar-refractivity contribution in [3.63, 3.8) is 0 Å². The van der Waals surface area contributed by atoms with Crippen molar-refractivity contribution in [2.24, 2.45) is 0 Å². The zero-order valence-corrected chi connectivity index (χ0v) is 8.74. The molecule has 0 saturated carbocycles. The second-order valence-electron chi connectivity index (χ2n) is 2.36. The van der Waals surface area contributed by atoms with Crippen molar-refractivity contribution < 1.29 is 5.11 Å². The Morgan fingerprint density at radius 2 is 1.50 bits per heavy atom. The van der Waals surface area contributed by atoms with Gasteiger partial charge in [-0.2, -0.15) is 0 Å². The molecule has 0 atom stereocenters. The number of hydrogen-bond acceptors (Lipinski definition) is 1.